The third-order valence-corrected chi connectivity index (χ3v) is 2.82. The Balaban J connectivity index is 1.85. The average molecular weight is 142 g/mol. The van der Waals surface area contributed by atoms with Crippen LogP contribution in [0, 0.1) is 5.92 Å². The maximum Gasteiger partial charge on any atom is 0.113 e. The fraction of sp³-hybridized carbons (Fsp3) is 1.00. The molecule has 0 aliphatic carbocycles. The molecular weight excluding hydrogens is 132 g/mol. The van der Waals surface area contributed by atoms with Gasteiger partial charge in [-0.05, 0) is 6.42 Å². The highest BCUT2D eigenvalue weighted by atomic mass is 16.7. The van der Waals surface area contributed by atoms with Crippen LogP contribution in [-0.4, -0.2) is 36.1 Å². The number of epoxide rings is 1. The van der Waals surface area contributed by atoms with Crippen LogP contribution in [0.5, 0.6) is 0 Å². The molecule has 0 aromatic rings. The van der Waals surface area contributed by atoms with Gasteiger partial charge in [-0.3, -0.25) is 0 Å². The number of aliphatic hydroxyl groups is 1. The van der Waals surface area contributed by atoms with Gasteiger partial charge in [0.05, 0.1) is 12.2 Å². The molecule has 0 radical (unpaired) electrons. The Labute approximate surface area is 58.9 Å². The zero-order valence-electron chi connectivity index (χ0n) is 5.56. The van der Waals surface area contributed by atoms with Crippen LogP contribution in [0.25, 0.3) is 0 Å². The molecule has 3 fully saturated rings. The van der Waals surface area contributed by atoms with Crippen LogP contribution in [0.4, 0.5) is 0 Å². The maximum atomic E-state index is 8.89. The summed E-state index contributed by atoms with van der Waals surface area (Å²) in [5.74, 6) is 0.355. The Morgan fingerprint density at radius 1 is 1.20 bits per heavy atom. The molecule has 3 heteroatoms. The molecule has 3 heterocycles. The van der Waals surface area contributed by atoms with Crippen molar-refractivity contribution >= 4 is 0 Å². The largest absolute Gasteiger partial charge is 0.396 e. The lowest BCUT2D eigenvalue weighted by Gasteiger charge is -2.12. The quantitative estimate of drug-likeness (QED) is 0.503. The molecule has 1 N–H and O–H groups in total. The van der Waals surface area contributed by atoms with Crippen LogP contribution in [0.15, 0.2) is 0 Å². The van der Waals surface area contributed by atoms with Crippen molar-refractivity contribution < 1.29 is 14.6 Å². The van der Waals surface area contributed by atoms with E-state index in [1.165, 1.54) is 0 Å². The molecule has 0 amide bonds. The van der Waals surface area contributed by atoms with E-state index in [-0.39, 0.29) is 12.7 Å². The van der Waals surface area contributed by atoms with E-state index < -0.39 is 0 Å². The second kappa shape index (κ2) is 1.55. The molecule has 3 nitrogen and oxygen atoms in total. The summed E-state index contributed by atoms with van der Waals surface area (Å²) in [6.45, 7) is 0.258. The van der Waals surface area contributed by atoms with Gasteiger partial charge in [-0.1, -0.05) is 0 Å². The van der Waals surface area contributed by atoms with Crippen LogP contribution in [-0.2, 0) is 9.47 Å². The summed E-state index contributed by atoms with van der Waals surface area (Å²) in [7, 11) is 0. The highest BCUT2D eigenvalue weighted by Crippen LogP contribution is 2.50. The number of hydrogen-bond donors (Lipinski definition) is 1. The second-order valence-electron chi connectivity index (χ2n) is 3.38. The standard InChI is InChI=1S/C7H10O3/c8-2-3-1-4-6-7(10-6)5(3)9-4/h3-8H,1-2H2/t3?,4-,5+,6-,7+/m0/s1. The van der Waals surface area contributed by atoms with E-state index in [2.05, 4.69) is 0 Å². The van der Waals surface area contributed by atoms with Gasteiger partial charge in [0.15, 0.2) is 0 Å². The molecule has 2 bridgehead atoms. The summed E-state index contributed by atoms with van der Waals surface area (Å²) < 4.78 is 10.9. The lowest BCUT2D eigenvalue weighted by atomic mass is 9.90. The van der Waals surface area contributed by atoms with Crippen molar-refractivity contribution in [3.8, 4) is 0 Å². The molecule has 3 aliphatic heterocycles. The minimum absolute atomic E-state index is 0.222. The van der Waals surface area contributed by atoms with Gasteiger partial charge in [0.2, 0.25) is 0 Å². The topological polar surface area (TPSA) is 42.0 Å². The molecule has 56 valence electrons. The lowest BCUT2D eigenvalue weighted by Crippen LogP contribution is -2.26. The first-order valence-corrected chi connectivity index (χ1v) is 3.82. The predicted molar refractivity (Wildman–Crippen MR) is 32.5 cm³/mol. The van der Waals surface area contributed by atoms with Gasteiger partial charge in [0, 0.05) is 12.5 Å². The molecular formula is C7H10O3. The summed E-state index contributed by atoms with van der Waals surface area (Å²) >= 11 is 0. The summed E-state index contributed by atoms with van der Waals surface area (Å²) in [6, 6.07) is 0. The van der Waals surface area contributed by atoms with Gasteiger partial charge in [-0.15, -0.1) is 0 Å². The molecule has 0 aromatic heterocycles. The first kappa shape index (κ1) is 5.52. The van der Waals surface area contributed by atoms with E-state index in [0.29, 0.717) is 24.2 Å². The summed E-state index contributed by atoms with van der Waals surface area (Å²) in [5, 5.41) is 8.89. The summed E-state index contributed by atoms with van der Waals surface area (Å²) in [6.07, 6.45) is 2.28. The number of hydrogen-bond acceptors (Lipinski definition) is 3. The summed E-state index contributed by atoms with van der Waals surface area (Å²) in [4.78, 5) is 0. The van der Waals surface area contributed by atoms with Gasteiger partial charge < -0.3 is 14.6 Å². The first-order chi connectivity index (χ1) is 4.90. The number of rotatable bonds is 1. The number of aliphatic hydroxyl groups excluding tert-OH is 1. The highest BCUT2D eigenvalue weighted by Gasteiger charge is 2.64. The average Bonchev–Trinajstić information content (AvgIpc) is 2.58. The minimum Gasteiger partial charge on any atom is -0.396 e. The van der Waals surface area contributed by atoms with Crippen molar-refractivity contribution in [2.24, 2.45) is 5.92 Å². The number of ether oxygens (including phenoxy) is 2. The van der Waals surface area contributed by atoms with Gasteiger partial charge in [0.1, 0.15) is 12.2 Å². The molecule has 3 aliphatic rings. The van der Waals surface area contributed by atoms with Gasteiger partial charge in [0.25, 0.3) is 0 Å². The van der Waals surface area contributed by atoms with E-state index >= 15 is 0 Å². The van der Waals surface area contributed by atoms with Gasteiger partial charge in [-0.25, -0.2) is 0 Å². The third kappa shape index (κ3) is 0.480. The van der Waals surface area contributed by atoms with Crippen molar-refractivity contribution in [1.29, 1.82) is 0 Å². The normalized spacial score (nSPS) is 62.7. The molecule has 5 atom stereocenters. The number of fused-ring (bicyclic) bond motifs is 5. The Bertz CT molecular complexity index is 170. The lowest BCUT2D eigenvalue weighted by molar-refractivity contribution is 0.00587. The molecule has 0 saturated carbocycles. The van der Waals surface area contributed by atoms with Gasteiger partial charge >= 0.3 is 0 Å². The van der Waals surface area contributed by atoms with Crippen LogP contribution in [0.1, 0.15) is 6.42 Å². The zero-order valence-corrected chi connectivity index (χ0v) is 5.56. The molecule has 0 aromatic carbocycles. The Kier molecular flexibility index (Phi) is 0.854. The summed E-state index contributed by atoms with van der Waals surface area (Å²) in [5.41, 5.74) is 0. The maximum absolute atomic E-state index is 8.89. The van der Waals surface area contributed by atoms with Crippen molar-refractivity contribution in [2.75, 3.05) is 6.61 Å². The molecule has 10 heavy (non-hydrogen) atoms. The minimum atomic E-state index is 0.222. The predicted octanol–water partition coefficient (Wildman–Crippen LogP) is -0.467. The third-order valence-electron chi connectivity index (χ3n) is 2.82. The van der Waals surface area contributed by atoms with Gasteiger partial charge in [-0.2, -0.15) is 0 Å². The van der Waals surface area contributed by atoms with E-state index in [9.17, 15) is 0 Å². The van der Waals surface area contributed by atoms with Crippen LogP contribution in [0.2, 0.25) is 0 Å². The van der Waals surface area contributed by atoms with Crippen molar-refractivity contribution in [2.45, 2.75) is 30.8 Å². The van der Waals surface area contributed by atoms with Crippen LogP contribution >= 0.6 is 0 Å². The van der Waals surface area contributed by atoms with E-state index in [4.69, 9.17) is 14.6 Å². The smallest absolute Gasteiger partial charge is 0.113 e. The fourth-order valence-corrected chi connectivity index (χ4v) is 2.24. The second-order valence-corrected chi connectivity index (χ2v) is 3.38. The van der Waals surface area contributed by atoms with Crippen molar-refractivity contribution in [1.82, 2.24) is 0 Å². The Morgan fingerprint density at radius 2 is 2.10 bits per heavy atom. The molecule has 1 unspecified atom stereocenters. The fourth-order valence-electron chi connectivity index (χ4n) is 2.24. The molecule has 3 saturated heterocycles. The Hall–Kier alpha value is -0.120. The first-order valence-electron chi connectivity index (χ1n) is 3.82. The van der Waals surface area contributed by atoms with Crippen molar-refractivity contribution in [3.63, 3.8) is 0 Å². The van der Waals surface area contributed by atoms with E-state index in [1.54, 1.807) is 0 Å². The van der Waals surface area contributed by atoms with Crippen molar-refractivity contribution in [3.05, 3.63) is 0 Å². The Morgan fingerprint density at radius 3 is 2.70 bits per heavy atom. The molecule has 3 rings (SSSR count). The highest BCUT2D eigenvalue weighted by molar-refractivity contribution is 5.11. The monoisotopic (exact) mass is 142 g/mol. The van der Waals surface area contributed by atoms with E-state index in [0.717, 1.165) is 6.42 Å². The zero-order chi connectivity index (χ0) is 6.72. The SMILES string of the molecule is OCC1C[C@@H]2O[C@H]1[C@H]1O[C@H]12. The van der Waals surface area contributed by atoms with Crippen LogP contribution < -0.4 is 0 Å². The van der Waals surface area contributed by atoms with Crippen LogP contribution in [0.3, 0.4) is 0 Å². The molecule has 0 spiro atoms. The van der Waals surface area contributed by atoms with E-state index in [1.807, 2.05) is 0 Å².